The zero-order valence-corrected chi connectivity index (χ0v) is 12.3. The van der Waals surface area contributed by atoms with Crippen LogP contribution < -0.4 is 5.73 Å². The molecule has 100 valence electrons. The maximum atomic E-state index is 11.6. The molecule has 0 aliphatic carbocycles. The minimum atomic E-state index is -0.577. The smallest absolute Gasteiger partial charge is 0.361 e. The molecule has 19 heavy (non-hydrogen) atoms. The quantitative estimate of drug-likeness (QED) is 0.864. The Labute approximate surface area is 122 Å². The first kappa shape index (κ1) is 13.8. The van der Waals surface area contributed by atoms with Crippen molar-refractivity contribution in [1.82, 2.24) is 14.8 Å². The van der Waals surface area contributed by atoms with Crippen molar-refractivity contribution >= 4 is 39.2 Å². The molecule has 2 aromatic heterocycles. The van der Waals surface area contributed by atoms with Crippen LogP contribution in [0.4, 0.5) is 5.69 Å². The number of halogens is 2. The Bertz CT molecular complexity index is 629. The van der Waals surface area contributed by atoms with Crippen LogP contribution in [0.3, 0.4) is 0 Å². The van der Waals surface area contributed by atoms with Crippen LogP contribution in [0.1, 0.15) is 17.4 Å². The van der Waals surface area contributed by atoms with Gasteiger partial charge in [-0.3, -0.25) is 0 Å². The molecule has 0 unspecified atom stereocenters. The molecule has 0 atom stereocenters. The van der Waals surface area contributed by atoms with E-state index in [9.17, 15) is 4.79 Å². The Kier molecular flexibility index (Phi) is 4.06. The van der Waals surface area contributed by atoms with Crippen molar-refractivity contribution in [2.45, 2.75) is 6.92 Å². The molecule has 0 fully saturated rings. The third-order valence-corrected chi connectivity index (χ3v) is 2.93. The van der Waals surface area contributed by atoms with Crippen molar-refractivity contribution in [3.05, 3.63) is 33.6 Å². The first-order chi connectivity index (χ1) is 9.02. The summed E-state index contributed by atoms with van der Waals surface area (Å²) in [6.45, 7) is 1.96. The van der Waals surface area contributed by atoms with E-state index in [1.54, 1.807) is 19.2 Å². The zero-order valence-electron chi connectivity index (χ0n) is 9.93. The van der Waals surface area contributed by atoms with Crippen LogP contribution in [0.5, 0.6) is 0 Å². The van der Waals surface area contributed by atoms with Crippen molar-refractivity contribution < 1.29 is 9.53 Å². The van der Waals surface area contributed by atoms with Gasteiger partial charge in [-0.05, 0) is 28.9 Å². The molecule has 0 aromatic carbocycles. The zero-order chi connectivity index (χ0) is 14.0. The van der Waals surface area contributed by atoms with Gasteiger partial charge in [0.1, 0.15) is 0 Å². The highest BCUT2D eigenvalue weighted by molar-refractivity contribution is 9.10. The lowest BCUT2D eigenvalue weighted by Crippen LogP contribution is -2.08. The van der Waals surface area contributed by atoms with E-state index in [1.807, 2.05) is 0 Å². The molecule has 0 amide bonds. The normalized spacial score (nSPS) is 10.5. The molecule has 0 bridgehead atoms. The Hall–Kier alpha value is -1.60. The van der Waals surface area contributed by atoms with E-state index in [2.05, 4.69) is 26.0 Å². The summed E-state index contributed by atoms with van der Waals surface area (Å²) in [4.78, 5) is 15.7. The first-order valence-corrected chi connectivity index (χ1v) is 6.53. The minimum absolute atomic E-state index is 0.0441. The largest absolute Gasteiger partial charge is 0.461 e. The Balaban J connectivity index is 2.42. The Morgan fingerprint density at radius 3 is 3.00 bits per heavy atom. The molecule has 2 heterocycles. The summed E-state index contributed by atoms with van der Waals surface area (Å²) < 4.78 is 6.94. The van der Waals surface area contributed by atoms with E-state index in [-0.39, 0.29) is 18.0 Å². The second-order valence-electron chi connectivity index (χ2n) is 3.56. The Morgan fingerprint density at radius 1 is 1.63 bits per heavy atom. The van der Waals surface area contributed by atoms with Crippen LogP contribution in [0.2, 0.25) is 5.02 Å². The van der Waals surface area contributed by atoms with Gasteiger partial charge in [0.15, 0.2) is 11.5 Å². The molecule has 6 nitrogen and oxygen atoms in total. The summed E-state index contributed by atoms with van der Waals surface area (Å²) in [5.74, 6) is -0.195. The Morgan fingerprint density at radius 2 is 2.37 bits per heavy atom. The highest BCUT2D eigenvalue weighted by Gasteiger charge is 2.18. The van der Waals surface area contributed by atoms with Gasteiger partial charge in [-0.1, -0.05) is 11.6 Å². The molecule has 2 aromatic rings. The monoisotopic (exact) mass is 344 g/mol. The molecule has 0 aliphatic rings. The summed E-state index contributed by atoms with van der Waals surface area (Å²) in [6, 6.07) is 1.67. The van der Waals surface area contributed by atoms with Crippen molar-refractivity contribution in [2.75, 3.05) is 12.3 Å². The number of hydrogen-bond acceptors (Lipinski definition) is 5. The van der Waals surface area contributed by atoms with Crippen molar-refractivity contribution in [1.29, 1.82) is 0 Å². The maximum absolute atomic E-state index is 11.6. The van der Waals surface area contributed by atoms with Gasteiger partial charge in [0, 0.05) is 10.7 Å². The average Bonchev–Trinajstić information content (AvgIpc) is 2.71. The lowest BCUT2D eigenvalue weighted by Gasteiger charge is -2.02. The lowest BCUT2D eigenvalue weighted by atomic mass is 10.4. The first-order valence-electron chi connectivity index (χ1n) is 5.36. The van der Waals surface area contributed by atoms with Gasteiger partial charge >= 0.3 is 5.97 Å². The van der Waals surface area contributed by atoms with E-state index in [0.717, 1.165) is 4.47 Å². The van der Waals surface area contributed by atoms with Crippen molar-refractivity contribution in [3.8, 4) is 5.82 Å². The standard InChI is InChI=1S/C11H10BrClN4O2/c1-2-19-11(18)9-8(14)5-17(16-9)10-7(13)3-6(12)4-15-10/h3-5H,2,14H2,1H3. The lowest BCUT2D eigenvalue weighted by molar-refractivity contribution is 0.0520. The molecule has 0 radical (unpaired) electrons. The predicted octanol–water partition coefficient (Wildman–Crippen LogP) is 2.44. The molecule has 0 aliphatic heterocycles. The average molecular weight is 346 g/mol. The number of carbonyl (C=O) groups is 1. The number of hydrogen-bond donors (Lipinski definition) is 1. The molecule has 2 N–H and O–H groups in total. The maximum Gasteiger partial charge on any atom is 0.361 e. The topological polar surface area (TPSA) is 83.0 Å². The highest BCUT2D eigenvalue weighted by Crippen LogP contribution is 2.23. The fourth-order valence-corrected chi connectivity index (χ4v) is 2.15. The fraction of sp³-hybridized carbons (Fsp3) is 0.182. The van der Waals surface area contributed by atoms with Gasteiger partial charge in [0.2, 0.25) is 0 Å². The van der Waals surface area contributed by atoms with Crippen LogP contribution in [-0.2, 0) is 4.74 Å². The number of anilines is 1. The number of pyridine rings is 1. The van der Waals surface area contributed by atoms with E-state index < -0.39 is 5.97 Å². The number of ether oxygens (including phenoxy) is 1. The highest BCUT2D eigenvalue weighted by atomic mass is 79.9. The van der Waals surface area contributed by atoms with Gasteiger partial charge in [0.05, 0.1) is 23.5 Å². The van der Waals surface area contributed by atoms with Gasteiger partial charge in [-0.2, -0.15) is 5.10 Å². The number of nitrogens with two attached hydrogens (primary N) is 1. The number of aromatic nitrogens is 3. The van der Waals surface area contributed by atoms with Gasteiger partial charge in [-0.25, -0.2) is 14.5 Å². The summed E-state index contributed by atoms with van der Waals surface area (Å²) in [5.41, 5.74) is 5.98. The third kappa shape index (κ3) is 2.87. The molecular weight excluding hydrogens is 336 g/mol. The van der Waals surface area contributed by atoms with Gasteiger partial charge < -0.3 is 10.5 Å². The molecule has 0 saturated heterocycles. The van der Waals surface area contributed by atoms with E-state index in [0.29, 0.717) is 10.8 Å². The van der Waals surface area contributed by atoms with Crippen LogP contribution >= 0.6 is 27.5 Å². The summed E-state index contributed by atoms with van der Waals surface area (Å²) >= 11 is 9.31. The number of esters is 1. The number of rotatable bonds is 3. The fourth-order valence-electron chi connectivity index (χ4n) is 1.43. The summed E-state index contributed by atoms with van der Waals surface area (Å²) in [6.07, 6.45) is 3.04. The SMILES string of the molecule is CCOC(=O)c1nn(-c2ncc(Br)cc2Cl)cc1N. The van der Waals surface area contributed by atoms with Crippen molar-refractivity contribution in [3.63, 3.8) is 0 Å². The van der Waals surface area contributed by atoms with Gasteiger partial charge in [0.25, 0.3) is 0 Å². The molecule has 0 saturated carbocycles. The number of nitrogen functional groups attached to an aromatic ring is 1. The second-order valence-corrected chi connectivity index (χ2v) is 4.88. The predicted molar refractivity (Wildman–Crippen MR) is 74.4 cm³/mol. The van der Waals surface area contributed by atoms with E-state index in [1.165, 1.54) is 10.9 Å². The molecule has 0 spiro atoms. The minimum Gasteiger partial charge on any atom is -0.461 e. The van der Waals surface area contributed by atoms with Crippen LogP contribution in [-0.4, -0.2) is 27.3 Å². The van der Waals surface area contributed by atoms with E-state index in [4.69, 9.17) is 22.1 Å². The third-order valence-electron chi connectivity index (χ3n) is 2.22. The van der Waals surface area contributed by atoms with Crippen LogP contribution in [0.25, 0.3) is 5.82 Å². The number of nitrogens with zero attached hydrogens (tertiary/aromatic N) is 3. The second kappa shape index (κ2) is 5.58. The number of carbonyl (C=O) groups excluding carboxylic acids is 1. The summed E-state index contributed by atoms with van der Waals surface area (Å²) in [7, 11) is 0. The van der Waals surface area contributed by atoms with Gasteiger partial charge in [-0.15, -0.1) is 0 Å². The van der Waals surface area contributed by atoms with E-state index >= 15 is 0 Å². The van der Waals surface area contributed by atoms with Crippen molar-refractivity contribution in [2.24, 2.45) is 0 Å². The molecular formula is C11H10BrClN4O2. The molecule has 8 heteroatoms. The van der Waals surface area contributed by atoms with Crippen LogP contribution in [0.15, 0.2) is 22.9 Å². The molecule has 2 rings (SSSR count). The summed E-state index contributed by atoms with van der Waals surface area (Å²) in [5, 5.41) is 4.43. The van der Waals surface area contributed by atoms with Crippen LogP contribution in [0, 0.1) is 0 Å².